The molecule has 0 radical (unpaired) electrons. The van der Waals surface area contributed by atoms with Gasteiger partial charge in [-0.25, -0.2) is 0 Å². The molecule has 8 heteroatoms. The van der Waals surface area contributed by atoms with E-state index in [1.807, 2.05) is 6.92 Å². The van der Waals surface area contributed by atoms with Crippen molar-refractivity contribution in [2.24, 2.45) is 4.99 Å². The van der Waals surface area contributed by atoms with Crippen LogP contribution in [0.3, 0.4) is 0 Å². The second-order valence-electron chi connectivity index (χ2n) is 6.48. The summed E-state index contributed by atoms with van der Waals surface area (Å²) in [5.74, 6) is 0.591. The minimum absolute atomic E-state index is 0.287. The van der Waals surface area contributed by atoms with E-state index in [-0.39, 0.29) is 6.54 Å². The number of piperazine rings is 1. The quantitative estimate of drug-likeness (QED) is 0.617. The molecule has 26 heavy (non-hydrogen) atoms. The van der Waals surface area contributed by atoms with Crippen LogP contribution in [0.5, 0.6) is 0 Å². The monoisotopic (exact) mass is 371 g/mol. The molecule has 1 heterocycles. The van der Waals surface area contributed by atoms with Crippen LogP contribution in [-0.4, -0.2) is 57.7 Å². The van der Waals surface area contributed by atoms with Gasteiger partial charge in [0.25, 0.3) is 0 Å². The number of anilines is 1. The summed E-state index contributed by atoms with van der Waals surface area (Å²) >= 11 is 0. The van der Waals surface area contributed by atoms with Crippen molar-refractivity contribution in [2.75, 3.05) is 51.7 Å². The Labute approximate surface area is 153 Å². The molecule has 1 aliphatic heterocycles. The van der Waals surface area contributed by atoms with Gasteiger partial charge in [-0.3, -0.25) is 4.99 Å². The number of aliphatic imine (C=N–C) groups is 1. The molecule has 5 nitrogen and oxygen atoms in total. The molecule has 0 saturated carbocycles. The summed E-state index contributed by atoms with van der Waals surface area (Å²) in [6, 6.07) is 4.00. The molecular weight excluding hydrogens is 343 g/mol. The predicted molar refractivity (Wildman–Crippen MR) is 99.6 cm³/mol. The number of likely N-dealkylation sites (N-methyl/N-ethyl adjacent to an activating group) is 1. The number of hydrogen-bond acceptors (Lipinski definition) is 3. The van der Waals surface area contributed by atoms with E-state index in [1.54, 1.807) is 13.1 Å². The third kappa shape index (κ3) is 5.52. The molecule has 2 rings (SSSR count). The lowest BCUT2D eigenvalue weighted by Crippen LogP contribution is -2.45. The molecule has 2 N–H and O–H groups in total. The maximum Gasteiger partial charge on any atom is 0.416 e. The molecule has 1 aromatic rings. The Morgan fingerprint density at radius 1 is 1.15 bits per heavy atom. The van der Waals surface area contributed by atoms with Crippen molar-refractivity contribution >= 4 is 11.6 Å². The van der Waals surface area contributed by atoms with E-state index in [0.717, 1.165) is 44.8 Å². The van der Waals surface area contributed by atoms with E-state index in [9.17, 15) is 13.2 Å². The van der Waals surface area contributed by atoms with Gasteiger partial charge in [-0.2, -0.15) is 13.2 Å². The highest BCUT2D eigenvalue weighted by atomic mass is 19.4. The van der Waals surface area contributed by atoms with Gasteiger partial charge in [0.05, 0.1) is 5.56 Å². The summed E-state index contributed by atoms with van der Waals surface area (Å²) in [7, 11) is 3.70. The van der Waals surface area contributed by atoms with Crippen LogP contribution in [0, 0.1) is 0 Å². The topological polar surface area (TPSA) is 42.9 Å². The Morgan fingerprint density at radius 2 is 1.85 bits per heavy atom. The molecule has 0 atom stereocenters. The van der Waals surface area contributed by atoms with Gasteiger partial charge in [-0.15, -0.1) is 0 Å². The average Bonchev–Trinajstić information content (AvgIpc) is 2.62. The number of rotatable bonds is 5. The fourth-order valence-electron chi connectivity index (χ4n) is 2.90. The first-order chi connectivity index (χ1) is 12.3. The van der Waals surface area contributed by atoms with Gasteiger partial charge < -0.3 is 20.4 Å². The Hall–Kier alpha value is -1.96. The lowest BCUT2D eigenvalue weighted by Gasteiger charge is -2.35. The number of benzene rings is 1. The summed E-state index contributed by atoms with van der Waals surface area (Å²) in [6.45, 7) is 6.48. The molecule has 0 amide bonds. The zero-order valence-corrected chi connectivity index (χ0v) is 15.7. The molecule has 0 aromatic heterocycles. The van der Waals surface area contributed by atoms with E-state index in [0.29, 0.717) is 11.5 Å². The first kappa shape index (κ1) is 20.4. The molecule has 0 unspecified atom stereocenters. The molecule has 0 bridgehead atoms. The van der Waals surface area contributed by atoms with Crippen molar-refractivity contribution in [1.29, 1.82) is 0 Å². The minimum atomic E-state index is -4.35. The van der Waals surface area contributed by atoms with Crippen LogP contribution < -0.4 is 15.5 Å². The normalized spacial score (nSPS) is 16.7. The van der Waals surface area contributed by atoms with Crippen LogP contribution in [0.2, 0.25) is 0 Å². The third-order valence-electron chi connectivity index (χ3n) is 4.46. The summed E-state index contributed by atoms with van der Waals surface area (Å²) < 4.78 is 39.4. The molecular formula is C18H28F3N5. The van der Waals surface area contributed by atoms with Crippen molar-refractivity contribution in [1.82, 2.24) is 15.5 Å². The van der Waals surface area contributed by atoms with Gasteiger partial charge in [0, 0.05) is 52.0 Å². The second kappa shape index (κ2) is 9.12. The minimum Gasteiger partial charge on any atom is -0.369 e. The number of nitrogens with one attached hydrogen (secondary N) is 2. The highest BCUT2D eigenvalue weighted by Crippen LogP contribution is 2.33. The van der Waals surface area contributed by atoms with Crippen molar-refractivity contribution < 1.29 is 13.2 Å². The van der Waals surface area contributed by atoms with Crippen LogP contribution in [0.4, 0.5) is 18.9 Å². The molecule has 1 saturated heterocycles. The number of nitrogens with zero attached hydrogens (tertiary/aromatic N) is 3. The van der Waals surface area contributed by atoms with Crippen molar-refractivity contribution in [2.45, 2.75) is 26.1 Å². The highest BCUT2D eigenvalue weighted by molar-refractivity contribution is 5.79. The van der Waals surface area contributed by atoms with Crippen LogP contribution in [0.15, 0.2) is 23.2 Å². The fourth-order valence-corrected chi connectivity index (χ4v) is 2.90. The number of alkyl halides is 3. The Balaban J connectivity index is 2.21. The van der Waals surface area contributed by atoms with Gasteiger partial charge in [-0.1, -0.05) is 6.92 Å². The molecule has 1 aliphatic rings. The first-order valence-corrected chi connectivity index (χ1v) is 8.93. The van der Waals surface area contributed by atoms with Gasteiger partial charge in [0.15, 0.2) is 5.96 Å². The van der Waals surface area contributed by atoms with E-state index in [1.165, 1.54) is 12.1 Å². The lowest BCUT2D eigenvalue weighted by molar-refractivity contribution is -0.137. The number of hydrogen-bond donors (Lipinski definition) is 2. The van der Waals surface area contributed by atoms with Crippen molar-refractivity contribution in [3.05, 3.63) is 29.3 Å². The van der Waals surface area contributed by atoms with Crippen LogP contribution in [-0.2, 0) is 12.7 Å². The first-order valence-electron chi connectivity index (χ1n) is 8.93. The second-order valence-corrected chi connectivity index (χ2v) is 6.48. The summed E-state index contributed by atoms with van der Waals surface area (Å²) in [4.78, 5) is 8.49. The van der Waals surface area contributed by atoms with E-state index >= 15 is 0 Å². The molecule has 0 spiro atoms. The SMILES string of the molecule is CCCNC(=NC)NCc1cc(C(F)(F)F)ccc1N1CCN(C)CC1. The maximum atomic E-state index is 13.1. The van der Waals surface area contributed by atoms with Crippen LogP contribution in [0.25, 0.3) is 0 Å². The van der Waals surface area contributed by atoms with Gasteiger partial charge >= 0.3 is 6.18 Å². The standard InChI is InChI=1S/C18H28F3N5/c1-4-7-23-17(22-2)24-13-14-12-15(18(19,20)21)5-6-16(14)26-10-8-25(3)9-11-26/h5-6,12H,4,7-11,13H2,1-3H3,(H2,22,23,24). The molecule has 1 aromatic carbocycles. The highest BCUT2D eigenvalue weighted by Gasteiger charge is 2.31. The van der Waals surface area contributed by atoms with E-state index < -0.39 is 11.7 Å². The number of halogens is 3. The summed E-state index contributed by atoms with van der Waals surface area (Å²) in [5, 5.41) is 6.26. The molecule has 146 valence electrons. The largest absolute Gasteiger partial charge is 0.416 e. The van der Waals surface area contributed by atoms with Gasteiger partial charge in [0.2, 0.25) is 0 Å². The van der Waals surface area contributed by atoms with Gasteiger partial charge in [0.1, 0.15) is 0 Å². The Bertz CT molecular complexity index is 607. The summed E-state index contributed by atoms with van der Waals surface area (Å²) in [5.41, 5.74) is 0.858. The number of guanidine groups is 1. The van der Waals surface area contributed by atoms with Crippen LogP contribution in [0.1, 0.15) is 24.5 Å². The Kier molecular flexibility index (Phi) is 7.14. The fraction of sp³-hybridized carbons (Fsp3) is 0.611. The summed E-state index contributed by atoms with van der Waals surface area (Å²) in [6.07, 6.45) is -3.41. The van der Waals surface area contributed by atoms with Crippen LogP contribution >= 0.6 is 0 Å². The smallest absolute Gasteiger partial charge is 0.369 e. The maximum absolute atomic E-state index is 13.1. The van der Waals surface area contributed by atoms with E-state index in [4.69, 9.17) is 0 Å². The van der Waals surface area contributed by atoms with Gasteiger partial charge in [-0.05, 0) is 37.2 Å². The Morgan fingerprint density at radius 3 is 2.42 bits per heavy atom. The average molecular weight is 371 g/mol. The molecule has 0 aliphatic carbocycles. The zero-order chi connectivity index (χ0) is 19.2. The predicted octanol–water partition coefficient (Wildman–Crippen LogP) is 2.53. The lowest BCUT2D eigenvalue weighted by atomic mass is 10.1. The van der Waals surface area contributed by atoms with Crippen molar-refractivity contribution in [3.63, 3.8) is 0 Å². The third-order valence-corrected chi connectivity index (χ3v) is 4.46. The zero-order valence-electron chi connectivity index (χ0n) is 15.7. The van der Waals surface area contributed by atoms with Crippen molar-refractivity contribution in [3.8, 4) is 0 Å². The van der Waals surface area contributed by atoms with E-state index in [2.05, 4.69) is 32.5 Å². The molecule has 1 fully saturated rings.